The minimum atomic E-state index is -3.23. The molecule has 1 saturated carbocycles. The Kier molecular flexibility index (Phi) is 4.84. The van der Waals surface area contributed by atoms with Crippen LogP contribution in [0.4, 0.5) is 0 Å². The monoisotopic (exact) mass is 293 g/mol. The molecule has 2 fully saturated rings. The standard InChI is InChI=1S/C12H23NO5S/c1-16-5-2-8-19(14,15)11-9-12(4-3-10(11)13)17-6-7-18-12/h10-11H,2-9,13H2,1H3. The molecule has 0 radical (unpaired) electrons. The maximum Gasteiger partial charge on any atom is 0.169 e. The van der Waals surface area contributed by atoms with Crippen molar-refractivity contribution in [2.45, 2.75) is 42.8 Å². The SMILES string of the molecule is COCCCS(=O)(=O)C1CC2(CCC1N)OCCO2. The van der Waals surface area contributed by atoms with E-state index in [9.17, 15) is 8.42 Å². The predicted octanol–water partition coefficient (Wildman–Crippen LogP) is 0.0606. The summed E-state index contributed by atoms with van der Waals surface area (Å²) in [7, 11) is -1.67. The molecule has 2 N–H and O–H groups in total. The molecule has 19 heavy (non-hydrogen) atoms. The van der Waals surface area contributed by atoms with Crippen molar-refractivity contribution in [2.75, 3.05) is 32.7 Å². The molecule has 2 unspecified atom stereocenters. The lowest BCUT2D eigenvalue weighted by Crippen LogP contribution is -2.52. The van der Waals surface area contributed by atoms with Crippen LogP contribution in [-0.4, -0.2) is 58.2 Å². The van der Waals surface area contributed by atoms with Crippen molar-refractivity contribution in [3.8, 4) is 0 Å². The number of rotatable bonds is 5. The molecule has 1 spiro atoms. The summed E-state index contributed by atoms with van der Waals surface area (Å²) >= 11 is 0. The smallest absolute Gasteiger partial charge is 0.169 e. The number of hydrogen-bond donors (Lipinski definition) is 1. The summed E-state index contributed by atoms with van der Waals surface area (Å²) in [5, 5.41) is -0.573. The van der Waals surface area contributed by atoms with Gasteiger partial charge in [0.2, 0.25) is 0 Å². The molecule has 0 aromatic heterocycles. The average Bonchev–Trinajstić information content (AvgIpc) is 2.81. The molecule has 6 nitrogen and oxygen atoms in total. The molecule has 1 heterocycles. The zero-order valence-corrected chi connectivity index (χ0v) is 12.2. The third-order valence-electron chi connectivity index (χ3n) is 3.90. The lowest BCUT2D eigenvalue weighted by Gasteiger charge is -2.39. The normalized spacial score (nSPS) is 30.8. The third kappa shape index (κ3) is 3.46. The lowest BCUT2D eigenvalue weighted by molar-refractivity contribution is -0.177. The summed E-state index contributed by atoms with van der Waals surface area (Å²) in [5.74, 6) is -0.607. The van der Waals surface area contributed by atoms with E-state index in [2.05, 4.69) is 0 Å². The number of hydrogen-bond acceptors (Lipinski definition) is 6. The Balaban J connectivity index is 2.03. The van der Waals surface area contributed by atoms with Crippen molar-refractivity contribution in [1.82, 2.24) is 0 Å². The number of methoxy groups -OCH3 is 1. The molecular formula is C12H23NO5S. The highest BCUT2D eigenvalue weighted by molar-refractivity contribution is 7.92. The van der Waals surface area contributed by atoms with Crippen LogP contribution >= 0.6 is 0 Å². The third-order valence-corrected chi connectivity index (χ3v) is 6.20. The summed E-state index contributed by atoms with van der Waals surface area (Å²) in [6.07, 6.45) is 2.15. The van der Waals surface area contributed by atoms with Gasteiger partial charge in [-0.25, -0.2) is 8.42 Å². The van der Waals surface area contributed by atoms with Gasteiger partial charge in [-0.05, 0) is 12.8 Å². The Morgan fingerprint density at radius 2 is 2.05 bits per heavy atom. The van der Waals surface area contributed by atoms with E-state index < -0.39 is 20.9 Å². The van der Waals surface area contributed by atoms with Gasteiger partial charge in [-0.3, -0.25) is 0 Å². The van der Waals surface area contributed by atoms with Gasteiger partial charge >= 0.3 is 0 Å². The van der Waals surface area contributed by atoms with Crippen LogP contribution in [-0.2, 0) is 24.0 Å². The Labute approximate surface area is 114 Å². The highest BCUT2D eigenvalue weighted by Gasteiger charge is 2.48. The van der Waals surface area contributed by atoms with Crippen LogP contribution in [0.25, 0.3) is 0 Å². The van der Waals surface area contributed by atoms with Crippen molar-refractivity contribution in [1.29, 1.82) is 0 Å². The van der Waals surface area contributed by atoms with E-state index in [0.29, 0.717) is 45.5 Å². The highest BCUT2D eigenvalue weighted by Crippen LogP contribution is 2.38. The fourth-order valence-electron chi connectivity index (χ4n) is 2.84. The van der Waals surface area contributed by atoms with Crippen molar-refractivity contribution in [3.05, 3.63) is 0 Å². The van der Waals surface area contributed by atoms with Crippen molar-refractivity contribution in [3.63, 3.8) is 0 Å². The fraction of sp³-hybridized carbons (Fsp3) is 1.00. The first-order chi connectivity index (χ1) is 8.99. The minimum Gasteiger partial charge on any atom is -0.385 e. The molecule has 1 aliphatic heterocycles. The van der Waals surface area contributed by atoms with Crippen molar-refractivity contribution >= 4 is 9.84 Å². The van der Waals surface area contributed by atoms with Crippen LogP contribution in [0.3, 0.4) is 0 Å². The maximum absolute atomic E-state index is 12.4. The molecule has 0 aromatic carbocycles. The Morgan fingerprint density at radius 1 is 1.37 bits per heavy atom. The quantitative estimate of drug-likeness (QED) is 0.721. The molecule has 112 valence electrons. The van der Waals surface area contributed by atoms with Gasteiger partial charge in [0.05, 0.1) is 24.2 Å². The van der Waals surface area contributed by atoms with E-state index in [1.54, 1.807) is 7.11 Å². The Bertz CT molecular complexity index is 391. The average molecular weight is 293 g/mol. The first-order valence-electron chi connectivity index (χ1n) is 6.73. The second-order valence-electron chi connectivity index (χ2n) is 5.27. The minimum absolute atomic E-state index is 0.106. The zero-order chi connectivity index (χ0) is 13.9. The van der Waals surface area contributed by atoms with Gasteiger partial charge < -0.3 is 19.9 Å². The van der Waals surface area contributed by atoms with Crippen LogP contribution in [0, 0.1) is 0 Å². The summed E-state index contributed by atoms with van der Waals surface area (Å²) in [6, 6.07) is -0.328. The van der Waals surface area contributed by atoms with Crippen molar-refractivity contribution < 1.29 is 22.6 Å². The summed E-state index contributed by atoms with van der Waals surface area (Å²) in [6.45, 7) is 1.51. The van der Waals surface area contributed by atoms with Crippen molar-refractivity contribution in [2.24, 2.45) is 5.73 Å². The van der Waals surface area contributed by atoms with Gasteiger partial charge in [-0.15, -0.1) is 0 Å². The van der Waals surface area contributed by atoms with E-state index in [4.69, 9.17) is 19.9 Å². The summed E-state index contributed by atoms with van der Waals surface area (Å²) in [5.41, 5.74) is 6.00. The Hall–Kier alpha value is -0.210. The molecule has 1 saturated heterocycles. The van der Waals surface area contributed by atoms with Gasteiger partial charge in [-0.2, -0.15) is 0 Å². The molecule has 1 aliphatic carbocycles. The maximum atomic E-state index is 12.4. The molecule has 2 aliphatic rings. The first kappa shape index (κ1) is 15.2. The van der Waals surface area contributed by atoms with E-state index in [-0.39, 0.29) is 11.8 Å². The van der Waals surface area contributed by atoms with Crippen LogP contribution in [0.15, 0.2) is 0 Å². The fourth-order valence-corrected chi connectivity index (χ4v) is 4.84. The zero-order valence-electron chi connectivity index (χ0n) is 11.3. The molecule has 0 aromatic rings. The molecule has 0 bridgehead atoms. The molecule has 7 heteroatoms. The van der Waals surface area contributed by atoms with Crippen LogP contribution in [0.5, 0.6) is 0 Å². The largest absolute Gasteiger partial charge is 0.385 e. The second kappa shape index (κ2) is 6.05. The van der Waals surface area contributed by atoms with Gasteiger partial charge in [0.25, 0.3) is 0 Å². The second-order valence-corrected chi connectivity index (χ2v) is 7.61. The van der Waals surface area contributed by atoms with Gasteiger partial charge in [0.1, 0.15) is 0 Å². The van der Waals surface area contributed by atoms with E-state index in [1.165, 1.54) is 0 Å². The Morgan fingerprint density at radius 3 is 2.68 bits per heavy atom. The first-order valence-corrected chi connectivity index (χ1v) is 8.45. The van der Waals surface area contributed by atoms with Gasteiger partial charge in [0, 0.05) is 32.6 Å². The van der Waals surface area contributed by atoms with E-state index >= 15 is 0 Å². The summed E-state index contributed by atoms with van der Waals surface area (Å²) in [4.78, 5) is 0. The van der Waals surface area contributed by atoms with Crippen LogP contribution < -0.4 is 5.73 Å². The summed E-state index contributed by atoms with van der Waals surface area (Å²) < 4.78 is 40.9. The van der Waals surface area contributed by atoms with Crippen LogP contribution in [0.2, 0.25) is 0 Å². The number of ether oxygens (including phenoxy) is 3. The molecule has 0 amide bonds. The number of sulfone groups is 1. The predicted molar refractivity (Wildman–Crippen MR) is 70.5 cm³/mol. The van der Waals surface area contributed by atoms with E-state index in [1.807, 2.05) is 0 Å². The van der Waals surface area contributed by atoms with E-state index in [0.717, 1.165) is 0 Å². The van der Waals surface area contributed by atoms with Gasteiger partial charge in [-0.1, -0.05) is 0 Å². The highest BCUT2D eigenvalue weighted by atomic mass is 32.2. The number of nitrogens with two attached hydrogens (primary N) is 1. The lowest BCUT2D eigenvalue weighted by atomic mass is 9.90. The molecular weight excluding hydrogens is 270 g/mol. The van der Waals surface area contributed by atoms with Crippen LogP contribution in [0.1, 0.15) is 25.7 Å². The molecule has 2 atom stereocenters. The van der Waals surface area contributed by atoms with Gasteiger partial charge in [0.15, 0.2) is 15.6 Å². The molecule has 2 rings (SSSR count). The topological polar surface area (TPSA) is 87.9 Å².